The van der Waals surface area contributed by atoms with E-state index in [0.29, 0.717) is 16.7 Å². The Bertz CT molecular complexity index is 2900. The van der Waals surface area contributed by atoms with Gasteiger partial charge in [-0.3, -0.25) is 0 Å². The second-order valence-corrected chi connectivity index (χ2v) is 12.3. The largest absolute Gasteiger partial charge is 0.309 e. The maximum absolute atomic E-state index is 10.3. The molecule has 0 unspecified atom stereocenters. The standard InChI is InChI=1S/C45H25N5/c46-26-29-16-22-42-39(23-29)38-21-15-30(27-47)24-44(38)50(42)43-14-6-8-34(28-48)45(43)32-19-17-31(18-20-32)33-7-5-9-35(25-33)49-40-12-3-1-10-36(40)37-11-2-4-13-41(37)49/h1-25H. The number of aromatic nitrogens is 2. The molecule has 2 aromatic heterocycles. The lowest BCUT2D eigenvalue weighted by molar-refractivity contribution is 1.18. The van der Waals surface area contributed by atoms with Crippen molar-refractivity contribution in [1.82, 2.24) is 9.13 Å². The van der Waals surface area contributed by atoms with Gasteiger partial charge in [0.15, 0.2) is 0 Å². The second-order valence-electron chi connectivity index (χ2n) is 12.3. The molecule has 9 rings (SSSR count). The SMILES string of the molecule is N#Cc1ccc2c(c1)c1ccc(C#N)cc1n2-c1cccc(C#N)c1-c1ccc(-c2cccc(-n3c4ccccc4c4ccccc43)c2)cc1. The van der Waals surface area contributed by atoms with Crippen LogP contribution in [0.2, 0.25) is 0 Å². The summed E-state index contributed by atoms with van der Waals surface area (Å²) in [5, 5.41) is 34.1. The monoisotopic (exact) mass is 635 g/mol. The van der Waals surface area contributed by atoms with Gasteiger partial charge in [-0.15, -0.1) is 0 Å². The topological polar surface area (TPSA) is 81.2 Å². The van der Waals surface area contributed by atoms with E-state index in [9.17, 15) is 15.8 Å². The van der Waals surface area contributed by atoms with Gasteiger partial charge in [0.25, 0.3) is 0 Å². The molecule has 230 valence electrons. The highest BCUT2D eigenvalue weighted by Gasteiger charge is 2.19. The molecule has 0 aliphatic rings. The van der Waals surface area contributed by atoms with Crippen LogP contribution in [0.4, 0.5) is 0 Å². The van der Waals surface area contributed by atoms with Crippen LogP contribution in [0, 0.1) is 34.0 Å². The minimum Gasteiger partial charge on any atom is -0.309 e. The van der Waals surface area contributed by atoms with Crippen molar-refractivity contribution in [2.24, 2.45) is 0 Å². The zero-order valence-corrected chi connectivity index (χ0v) is 26.7. The predicted octanol–water partition coefficient (Wildman–Crippen LogP) is 10.8. The highest BCUT2D eigenvalue weighted by Crippen LogP contribution is 2.39. The first-order valence-corrected chi connectivity index (χ1v) is 16.3. The summed E-state index contributed by atoms with van der Waals surface area (Å²) in [6, 6.07) is 57.9. The van der Waals surface area contributed by atoms with E-state index in [-0.39, 0.29) is 0 Å². The highest BCUT2D eigenvalue weighted by molar-refractivity contribution is 6.11. The van der Waals surface area contributed by atoms with Crippen molar-refractivity contribution >= 4 is 43.6 Å². The summed E-state index contributed by atoms with van der Waals surface area (Å²) in [5.74, 6) is 0. The Balaban J connectivity index is 1.19. The van der Waals surface area contributed by atoms with Crippen molar-refractivity contribution in [3.05, 3.63) is 168 Å². The van der Waals surface area contributed by atoms with E-state index in [4.69, 9.17) is 0 Å². The van der Waals surface area contributed by atoms with Crippen molar-refractivity contribution in [1.29, 1.82) is 15.8 Å². The molecule has 2 heterocycles. The molecule has 0 fully saturated rings. The molecule has 0 aliphatic heterocycles. The van der Waals surface area contributed by atoms with Crippen molar-refractivity contribution in [2.75, 3.05) is 0 Å². The van der Waals surface area contributed by atoms with Gasteiger partial charge in [0.05, 0.1) is 62.7 Å². The van der Waals surface area contributed by atoms with E-state index in [0.717, 1.165) is 66.5 Å². The zero-order valence-electron chi connectivity index (χ0n) is 26.7. The van der Waals surface area contributed by atoms with Crippen LogP contribution >= 0.6 is 0 Å². The fourth-order valence-electron chi connectivity index (χ4n) is 7.40. The highest BCUT2D eigenvalue weighted by atomic mass is 15.0. The van der Waals surface area contributed by atoms with Gasteiger partial charge >= 0.3 is 0 Å². The van der Waals surface area contributed by atoms with Crippen LogP contribution in [-0.4, -0.2) is 9.13 Å². The summed E-state index contributed by atoms with van der Waals surface area (Å²) in [4.78, 5) is 0. The van der Waals surface area contributed by atoms with E-state index >= 15 is 0 Å². The van der Waals surface area contributed by atoms with E-state index in [1.165, 1.54) is 10.8 Å². The van der Waals surface area contributed by atoms with Crippen LogP contribution in [0.3, 0.4) is 0 Å². The molecular formula is C45H25N5. The van der Waals surface area contributed by atoms with E-state index < -0.39 is 0 Å². The molecule has 0 saturated heterocycles. The smallest absolute Gasteiger partial charge is 0.0998 e. The number of nitriles is 3. The predicted molar refractivity (Wildman–Crippen MR) is 200 cm³/mol. The van der Waals surface area contributed by atoms with Gasteiger partial charge in [-0.25, -0.2) is 0 Å². The van der Waals surface area contributed by atoms with Gasteiger partial charge in [0, 0.05) is 32.8 Å². The number of hydrogen-bond donors (Lipinski definition) is 0. The second kappa shape index (κ2) is 11.4. The van der Waals surface area contributed by atoms with Crippen molar-refractivity contribution in [2.45, 2.75) is 0 Å². The summed E-state index contributed by atoms with van der Waals surface area (Å²) >= 11 is 0. The van der Waals surface area contributed by atoms with Gasteiger partial charge < -0.3 is 9.13 Å². The minimum atomic E-state index is 0.535. The van der Waals surface area contributed by atoms with E-state index in [1.807, 2.05) is 42.5 Å². The van der Waals surface area contributed by atoms with Crippen LogP contribution in [0.1, 0.15) is 16.7 Å². The third-order valence-corrected chi connectivity index (χ3v) is 9.62. The molecule has 0 N–H and O–H groups in total. The molecule has 0 spiro atoms. The summed E-state index contributed by atoms with van der Waals surface area (Å²) in [7, 11) is 0. The molecule has 9 aromatic rings. The first-order valence-electron chi connectivity index (χ1n) is 16.3. The lowest BCUT2D eigenvalue weighted by atomic mass is 9.95. The average Bonchev–Trinajstić information content (AvgIpc) is 3.69. The van der Waals surface area contributed by atoms with Crippen molar-refractivity contribution in [3.8, 4) is 51.8 Å². The fourth-order valence-corrected chi connectivity index (χ4v) is 7.40. The molecule has 0 atom stereocenters. The number of fused-ring (bicyclic) bond motifs is 6. The Labute approximate surface area is 287 Å². The molecule has 0 radical (unpaired) electrons. The molecule has 50 heavy (non-hydrogen) atoms. The van der Waals surface area contributed by atoms with Crippen LogP contribution in [0.15, 0.2) is 152 Å². The van der Waals surface area contributed by atoms with Crippen LogP contribution in [-0.2, 0) is 0 Å². The Morgan fingerprint density at radius 3 is 1.72 bits per heavy atom. The number of nitrogens with zero attached hydrogens (tertiary/aromatic N) is 5. The summed E-state index contributed by atoms with van der Waals surface area (Å²) in [6.07, 6.45) is 0. The van der Waals surface area contributed by atoms with Gasteiger partial charge in [0.2, 0.25) is 0 Å². The van der Waals surface area contributed by atoms with Crippen LogP contribution < -0.4 is 0 Å². The number of para-hydroxylation sites is 2. The Morgan fingerprint density at radius 1 is 0.380 bits per heavy atom. The van der Waals surface area contributed by atoms with Gasteiger partial charge in [-0.05, 0) is 83.4 Å². The molecule has 0 aliphatic carbocycles. The molecule has 5 heteroatoms. The molecule has 7 aromatic carbocycles. The van der Waals surface area contributed by atoms with Gasteiger partial charge in [-0.2, -0.15) is 15.8 Å². The maximum Gasteiger partial charge on any atom is 0.0998 e. The molecule has 5 nitrogen and oxygen atoms in total. The molecule has 0 bridgehead atoms. The van der Waals surface area contributed by atoms with Crippen molar-refractivity contribution < 1.29 is 0 Å². The fraction of sp³-hybridized carbons (Fsp3) is 0. The zero-order chi connectivity index (χ0) is 33.8. The minimum absolute atomic E-state index is 0.535. The first kappa shape index (κ1) is 28.8. The summed E-state index contributed by atoms with van der Waals surface area (Å²) in [6.45, 7) is 0. The lowest BCUT2D eigenvalue weighted by Crippen LogP contribution is -2.00. The van der Waals surface area contributed by atoms with Crippen molar-refractivity contribution in [3.63, 3.8) is 0 Å². The van der Waals surface area contributed by atoms with Gasteiger partial charge in [-0.1, -0.05) is 84.9 Å². The number of hydrogen-bond acceptors (Lipinski definition) is 3. The average molecular weight is 636 g/mol. The third-order valence-electron chi connectivity index (χ3n) is 9.62. The quantitative estimate of drug-likeness (QED) is 0.193. The summed E-state index contributed by atoms with van der Waals surface area (Å²) in [5.41, 5.74) is 11.5. The summed E-state index contributed by atoms with van der Waals surface area (Å²) < 4.78 is 4.42. The van der Waals surface area contributed by atoms with Crippen LogP contribution in [0.5, 0.6) is 0 Å². The number of benzene rings is 7. The van der Waals surface area contributed by atoms with Crippen LogP contribution in [0.25, 0.3) is 77.2 Å². The van der Waals surface area contributed by atoms with Gasteiger partial charge in [0.1, 0.15) is 0 Å². The molecular weight excluding hydrogens is 611 g/mol. The molecule has 0 saturated carbocycles. The number of rotatable bonds is 4. The Morgan fingerprint density at radius 2 is 1.00 bits per heavy atom. The maximum atomic E-state index is 10.3. The first-order chi connectivity index (χ1) is 24.7. The normalized spacial score (nSPS) is 11.1. The Kier molecular flexibility index (Phi) is 6.56. The van der Waals surface area contributed by atoms with E-state index in [2.05, 4.69) is 124 Å². The third kappa shape index (κ3) is 4.38. The van der Waals surface area contributed by atoms with E-state index in [1.54, 1.807) is 12.1 Å². The molecule has 0 amide bonds. The Hall–Kier alpha value is -7.39. The lowest BCUT2D eigenvalue weighted by Gasteiger charge is -2.16.